The molecule has 0 aromatic rings. The molecule has 0 heterocycles. The summed E-state index contributed by atoms with van der Waals surface area (Å²) in [5.74, 6) is 0. The van der Waals surface area contributed by atoms with Gasteiger partial charge in [0.05, 0.1) is 6.04 Å². The molecular weight excluding hydrogens is 114 g/mol. The fourth-order valence-electron chi connectivity index (χ4n) is 0.717. The highest BCUT2D eigenvalue weighted by atomic mass is 16.1. The second-order valence-corrected chi connectivity index (χ2v) is 3.32. The van der Waals surface area contributed by atoms with E-state index >= 15 is 0 Å². The van der Waals surface area contributed by atoms with Gasteiger partial charge >= 0.3 is 0 Å². The third kappa shape index (κ3) is 5.50. The minimum atomic E-state index is -0.0370. The first-order chi connectivity index (χ1) is 3.95. The Hall–Kier alpha value is -0.370. The molecule has 0 aromatic carbocycles. The lowest BCUT2D eigenvalue weighted by atomic mass is 10.1. The van der Waals surface area contributed by atoms with E-state index < -0.39 is 0 Å². The normalized spacial score (nSPS) is 15.1. The Balaban J connectivity index is 3.59. The zero-order valence-electron chi connectivity index (χ0n) is 6.56. The number of nitrogens with one attached hydrogen (secondary N) is 1. The Morgan fingerprint density at radius 1 is 1.44 bits per heavy atom. The van der Waals surface area contributed by atoms with Crippen molar-refractivity contribution in [1.29, 1.82) is 0 Å². The maximum atomic E-state index is 10.1. The van der Waals surface area contributed by atoms with Crippen molar-refractivity contribution in [3.63, 3.8) is 0 Å². The second kappa shape index (κ2) is 2.97. The molecule has 9 heavy (non-hydrogen) atoms. The van der Waals surface area contributed by atoms with Gasteiger partial charge in [-0.3, -0.25) is 0 Å². The van der Waals surface area contributed by atoms with E-state index in [9.17, 15) is 4.79 Å². The molecule has 0 spiro atoms. The van der Waals surface area contributed by atoms with Gasteiger partial charge in [-0.2, -0.15) is 0 Å². The summed E-state index contributed by atoms with van der Waals surface area (Å²) in [6.07, 6.45) is 0.908. The van der Waals surface area contributed by atoms with Crippen molar-refractivity contribution in [2.45, 2.75) is 39.3 Å². The van der Waals surface area contributed by atoms with Gasteiger partial charge in [0.15, 0.2) is 0 Å². The lowest BCUT2D eigenvalue weighted by Gasteiger charge is -2.22. The van der Waals surface area contributed by atoms with Gasteiger partial charge in [-0.25, -0.2) is 0 Å². The molecule has 0 saturated heterocycles. The van der Waals surface area contributed by atoms with E-state index in [1.165, 1.54) is 0 Å². The molecule has 1 unspecified atom stereocenters. The van der Waals surface area contributed by atoms with Crippen molar-refractivity contribution in [1.82, 2.24) is 5.32 Å². The van der Waals surface area contributed by atoms with Gasteiger partial charge < -0.3 is 10.1 Å². The highest BCUT2D eigenvalue weighted by Crippen LogP contribution is 1.98. The zero-order chi connectivity index (χ0) is 7.49. The van der Waals surface area contributed by atoms with Crippen LogP contribution in [0.3, 0.4) is 0 Å². The van der Waals surface area contributed by atoms with Crippen LogP contribution in [0.15, 0.2) is 0 Å². The van der Waals surface area contributed by atoms with Crippen molar-refractivity contribution < 1.29 is 4.79 Å². The molecule has 0 amide bonds. The molecule has 2 heteroatoms. The molecule has 0 fully saturated rings. The standard InChI is InChI=1S/C7H15NO/c1-6(5-9)8-7(2,3)4/h5-6,8H,1-4H3. The van der Waals surface area contributed by atoms with Gasteiger partial charge in [-0.1, -0.05) is 0 Å². The summed E-state index contributed by atoms with van der Waals surface area (Å²) in [7, 11) is 0. The average molecular weight is 129 g/mol. The van der Waals surface area contributed by atoms with Crippen LogP contribution < -0.4 is 5.32 Å². The van der Waals surface area contributed by atoms with Crippen molar-refractivity contribution >= 4 is 6.29 Å². The predicted molar refractivity (Wildman–Crippen MR) is 38.4 cm³/mol. The third-order valence-electron chi connectivity index (χ3n) is 0.865. The van der Waals surface area contributed by atoms with Crippen LogP contribution in [0, 0.1) is 0 Å². The summed E-state index contributed by atoms with van der Waals surface area (Å²) in [5.41, 5.74) is 0.0420. The van der Waals surface area contributed by atoms with Gasteiger partial charge in [0.1, 0.15) is 6.29 Å². The lowest BCUT2D eigenvalue weighted by molar-refractivity contribution is -0.109. The highest BCUT2D eigenvalue weighted by Gasteiger charge is 2.11. The van der Waals surface area contributed by atoms with E-state index in [4.69, 9.17) is 0 Å². The smallest absolute Gasteiger partial charge is 0.136 e. The van der Waals surface area contributed by atoms with Gasteiger partial charge in [-0.15, -0.1) is 0 Å². The van der Waals surface area contributed by atoms with Crippen LogP contribution in [0.4, 0.5) is 0 Å². The Labute approximate surface area is 56.6 Å². The number of carbonyl (C=O) groups is 1. The van der Waals surface area contributed by atoms with Gasteiger partial charge in [0, 0.05) is 5.54 Å². The van der Waals surface area contributed by atoms with Crippen molar-refractivity contribution in [3.05, 3.63) is 0 Å². The Morgan fingerprint density at radius 3 is 2.00 bits per heavy atom. The van der Waals surface area contributed by atoms with Gasteiger partial charge in [-0.05, 0) is 27.7 Å². The maximum absolute atomic E-state index is 10.1. The molecule has 0 aliphatic heterocycles. The molecule has 0 radical (unpaired) electrons. The molecule has 0 bridgehead atoms. The van der Waals surface area contributed by atoms with Crippen LogP contribution in [0.5, 0.6) is 0 Å². The number of carbonyl (C=O) groups excluding carboxylic acids is 1. The van der Waals surface area contributed by atoms with E-state index in [0.29, 0.717) is 0 Å². The van der Waals surface area contributed by atoms with Crippen LogP contribution in [-0.2, 0) is 4.79 Å². The van der Waals surface area contributed by atoms with E-state index in [1.807, 2.05) is 27.7 Å². The molecule has 1 atom stereocenters. The molecule has 0 rings (SSSR count). The maximum Gasteiger partial charge on any atom is 0.136 e. The fraction of sp³-hybridized carbons (Fsp3) is 0.857. The van der Waals surface area contributed by atoms with Gasteiger partial charge in [0.25, 0.3) is 0 Å². The summed E-state index contributed by atoms with van der Waals surface area (Å²) >= 11 is 0. The topological polar surface area (TPSA) is 29.1 Å². The molecule has 54 valence electrons. The monoisotopic (exact) mass is 129 g/mol. The molecule has 0 saturated carbocycles. The summed E-state index contributed by atoms with van der Waals surface area (Å²) < 4.78 is 0. The van der Waals surface area contributed by atoms with Crippen LogP contribution in [0.25, 0.3) is 0 Å². The number of hydrogen-bond donors (Lipinski definition) is 1. The van der Waals surface area contributed by atoms with Gasteiger partial charge in [0.2, 0.25) is 0 Å². The number of hydrogen-bond acceptors (Lipinski definition) is 2. The summed E-state index contributed by atoms with van der Waals surface area (Å²) in [5, 5.41) is 3.10. The second-order valence-electron chi connectivity index (χ2n) is 3.32. The first-order valence-electron chi connectivity index (χ1n) is 3.19. The predicted octanol–water partition coefficient (Wildman–Crippen LogP) is 0.962. The number of aldehydes is 1. The van der Waals surface area contributed by atoms with E-state index in [1.54, 1.807) is 0 Å². The SMILES string of the molecule is CC(C=O)NC(C)(C)C. The Kier molecular flexibility index (Phi) is 2.85. The molecule has 1 N–H and O–H groups in total. The van der Waals surface area contributed by atoms with Crippen molar-refractivity contribution in [2.75, 3.05) is 0 Å². The molecule has 0 aliphatic rings. The minimum Gasteiger partial charge on any atom is -0.303 e. The average Bonchev–Trinajstić information content (AvgIpc) is 1.62. The first kappa shape index (κ1) is 8.63. The van der Waals surface area contributed by atoms with Crippen LogP contribution in [0.1, 0.15) is 27.7 Å². The first-order valence-corrected chi connectivity index (χ1v) is 3.19. The van der Waals surface area contributed by atoms with Crippen LogP contribution in [0.2, 0.25) is 0 Å². The summed E-state index contributed by atoms with van der Waals surface area (Å²) in [6, 6.07) is -0.0370. The van der Waals surface area contributed by atoms with E-state index in [-0.39, 0.29) is 11.6 Å². The zero-order valence-corrected chi connectivity index (χ0v) is 6.56. The largest absolute Gasteiger partial charge is 0.303 e. The molecular formula is C7H15NO. The Morgan fingerprint density at radius 2 is 1.89 bits per heavy atom. The summed E-state index contributed by atoms with van der Waals surface area (Å²) in [6.45, 7) is 7.95. The van der Waals surface area contributed by atoms with E-state index in [2.05, 4.69) is 5.32 Å². The minimum absolute atomic E-state index is 0.0370. The Bertz CT molecular complexity index is 93.6. The van der Waals surface area contributed by atoms with Crippen LogP contribution in [-0.4, -0.2) is 17.9 Å². The van der Waals surface area contributed by atoms with Crippen molar-refractivity contribution in [2.24, 2.45) is 0 Å². The molecule has 2 nitrogen and oxygen atoms in total. The van der Waals surface area contributed by atoms with Crippen molar-refractivity contribution in [3.8, 4) is 0 Å². The quantitative estimate of drug-likeness (QED) is 0.563. The highest BCUT2D eigenvalue weighted by molar-refractivity contribution is 5.56. The van der Waals surface area contributed by atoms with E-state index in [0.717, 1.165) is 6.29 Å². The number of rotatable bonds is 2. The molecule has 0 aromatic heterocycles. The summed E-state index contributed by atoms with van der Waals surface area (Å²) in [4.78, 5) is 10.1. The molecule has 0 aliphatic carbocycles. The lowest BCUT2D eigenvalue weighted by Crippen LogP contribution is -2.42. The van der Waals surface area contributed by atoms with Crippen LogP contribution >= 0.6 is 0 Å². The fourth-order valence-corrected chi connectivity index (χ4v) is 0.717. The third-order valence-corrected chi connectivity index (χ3v) is 0.865.